The van der Waals surface area contributed by atoms with E-state index in [1.807, 2.05) is 21.6 Å². The molecule has 1 saturated heterocycles. The van der Waals surface area contributed by atoms with Crippen molar-refractivity contribution < 1.29 is 18.7 Å². The van der Waals surface area contributed by atoms with Gasteiger partial charge in [0.25, 0.3) is 5.56 Å². The highest BCUT2D eigenvalue weighted by Gasteiger charge is 2.35. The Morgan fingerprint density at radius 2 is 2.07 bits per heavy atom. The highest BCUT2D eigenvalue weighted by molar-refractivity contribution is 5.91. The van der Waals surface area contributed by atoms with Crippen LogP contribution in [-0.4, -0.2) is 41.0 Å². The van der Waals surface area contributed by atoms with E-state index in [1.54, 1.807) is 31.2 Å². The van der Waals surface area contributed by atoms with E-state index in [0.29, 0.717) is 50.1 Å². The van der Waals surface area contributed by atoms with E-state index >= 15 is 0 Å². The van der Waals surface area contributed by atoms with Gasteiger partial charge >= 0.3 is 5.97 Å². The van der Waals surface area contributed by atoms with E-state index in [4.69, 9.17) is 9.15 Å². The first-order valence-corrected chi connectivity index (χ1v) is 10.4. The third-order valence-corrected chi connectivity index (χ3v) is 5.74. The molecule has 7 heteroatoms. The van der Waals surface area contributed by atoms with E-state index in [9.17, 15) is 14.4 Å². The van der Waals surface area contributed by atoms with Crippen molar-refractivity contribution in [2.24, 2.45) is 5.92 Å². The molecule has 158 valence electrons. The van der Waals surface area contributed by atoms with Crippen molar-refractivity contribution in [3.63, 3.8) is 0 Å². The van der Waals surface area contributed by atoms with Crippen molar-refractivity contribution in [3.8, 4) is 0 Å². The summed E-state index contributed by atoms with van der Waals surface area (Å²) >= 11 is 0. The summed E-state index contributed by atoms with van der Waals surface area (Å²) in [5.41, 5.74) is 1.07. The minimum absolute atomic E-state index is 0.0402. The zero-order valence-corrected chi connectivity index (χ0v) is 17.1. The van der Waals surface area contributed by atoms with Crippen LogP contribution in [-0.2, 0) is 27.3 Å². The van der Waals surface area contributed by atoms with E-state index in [2.05, 4.69) is 0 Å². The molecule has 0 saturated carbocycles. The number of fused-ring (bicyclic) bond motifs is 4. The first-order chi connectivity index (χ1) is 14.5. The highest BCUT2D eigenvalue weighted by Crippen LogP contribution is 2.35. The fourth-order valence-electron chi connectivity index (χ4n) is 4.41. The van der Waals surface area contributed by atoms with Gasteiger partial charge in [0.1, 0.15) is 11.5 Å². The number of pyridine rings is 1. The molecule has 0 aliphatic carbocycles. The number of hydrogen-bond donors (Lipinski definition) is 0. The SMILES string of the molecule is CCOC(=O)CCc1ccc(C=CC(=O)N2CC3CC(C2)c2cccc(=O)n2C3)o1. The fourth-order valence-corrected chi connectivity index (χ4v) is 4.41. The summed E-state index contributed by atoms with van der Waals surface area (Å²) in [5.74, 6) is 1.45. The minimum Gasteiger partial charge on any atom is -0.466 e. The number of carbonyl (C=O) groups excluding carboxylic acids is 2. The van der Waals surface area contributed by atoms with E-state index < -0.39 is 0 Å². The van der Waals surface area contributed by atoms with Crippen LogP contribution in [0, 0.1) is 5.92 Å². The number of aromatic nitrogens is 1. The highest BCUT2D eigenvalue weighted by atomic mass is 16.5. The van der Waals surface area contributed by atoms with Crippen molar-refractivity contribution in [3.05, 3.63) is 64.0 Å². The summed E-state index contributed by atoms with van der Waals surface area (Å²) in [6.45, 7) is 4.09. The predicted octanol–water partition coefficient (Wildman–Crippen LogP) is 2.60. The van der Waals surface area contributed by atoms with Gasteiger partial charge in [-0.1, -0.05) is 6.07 Å². The summed E-state index contributed by atoms with van der Waals surface area (Å²) in [6, 6.07) is 8.99. The molecular weight excluding hydrogens is 384 g/mol. The zero-order chi connectivity index (χ0) is 21.1. The molecule has 0 N–H and O–H groups in total. The molecule has 0 spiro atoms. The number of piperidine rings is 1. The Kier molecular flexibility index (Phi) is 5.88. The van der Waals surface area contributed by atoms with Crippen LogP contribution in [0.25, 0.3) is 6.08 Å². The van der Waals surface area contributed by atoms with Crippen LogP contribution in [0.3, 0.4) is 0 Å². The minimum atomic E-state index is -0.249. The van der Waals surface area contributed by atoms with Gasteiger partial charge in [0.05, 0.1) is 13.0 Å². The number of aryl methyl sites for hydroxylation is 1. The number of likely N-dealkylation sites (tertiary alicyclic amines) is 1. The molecule has 1 fully saturated rings. The summed E-state index contributed by atoms with van der Waals surface area (Å²) in [6.07, 6.45) is 4.95. The van der Waals surface area contributed by atoms with Crippen LogP contribution in [0.5, 0.6) is 0 Å². The number of nitrogens with zero attached hydrogens (tertiary/aromatic N) is 2. The standard InChI is InChI=1S/C23H26N2O5/c1-2-29-23(28)11-9-19-7-6-18(30-19)8-10-21(26)24-13-16-12-17(15-24)20-4-3-5-22(27)25(20)14-16/h3-8,10,16-17H,2,9,11-15H2,1H3. The lowest BCUT2D eigenvalue weighted by Gasteiger charge is -2.42. The van der Waals surface area contributed by atoms with Crippen LogP contribution in [0.4, 0.5) is 0 Å². The molecule has 2 unspecified atom stereocenters. The maximum atomic E-state index is 12.7. The molecule has 7 nitrogen and oxygen atoms in total. The molecular formula is C23H26N2O5. The third kappa shape index (κ3) is 4.40. The van der Waals surface area contributed by atoms with Crippen LogP contribution in [0.2, 0.25) is 0 Å². The van der Waals surface area contributed by atoms with Crippen LogP contribution < -0.4 is 5.56 Å². The lowest BCUT2D eigenvalue weighted by atomic mass is 9.83. The van der Waals surface area contributed by atoms with Crippen LogP contribution in [0.1, 0.15) is 42.9 Å². The third-order valence-electron chi connectivity index (χ3n) is 5.74. The lowest BCUT2D eigenvalue weighted by molar-refractivity contribution is -0.143. The average Bonchev–Trinajstić information content (AvgIpc) is 3.19. The summed E-state index contributed by atoms with van der Waals surface area (Å²) in [4.78, 5) is 38.2. The van der Waals surface area contributed by atoms with Gasteiger partial charge in [-0.15, -0.1) is 0 Å². The van der Waals surface area contributed by atoms with Crippen LogP contribution in [0.15, 0.2) is 45.6 Å². The van der Waals surface area contributed by atoms with E-state index in [-0.39, 0.29) is 29.8 Å². The summed E-state index contributed by atoms with van der Waals surface area (Å²) < 4.78 is 12.5. The molecule has 2 aliphatic rings. The predicted molar refractivity (Wildman–Crippen MR) is 111 cm³/mol. The lowest BCUT2D eigenvalue weighted by Crippen LogP contribution is -2.48. The molecule has 2 atom stereocenters. The van der Waals surface area contributed by atoms with Crippen molar-refractivity contribution in [1.82, 2.24) is 9.47 Å². The summed E-state index contributed by atoms with van der Waals surface area (Å²) in [7, 11) is 0. The number of esters is 1. The average molecular weight is 410 g/mol. The largest absolute Gasteiger partial charge is 0.466 e. The van der Waals surface area contributed by atoms with Gasteiger partial charge in [0.15, 0.2) is 0 Å². The second-order valence-electron chi connectivity index (χ2n) is 7.88. The Bertz CT molecular complexity index is 1020. The Morgan fingerprint density at radius 3 is 2.90 bits per heavy atom. The van der Waals surface area contributed by atoms with Crippen molar-refractivity contribution in [2.45, 2.75) is 38.6 Å². The number of amides is 1. The van der Waals surface area contributed by atoms with Crippen molar-refractivity contribution in [2.75, 3.05) is 19.7 Å². The van der Waals surface area contributed by atoms with E-state index in [0.717, 1.165) is 12.1 Å². The fraction of sp³-hybridized carbons (Fsp3) is 0.435. The molecule has 0 aromatic carbocycles. The Morgan fingerprint density at radius 1 is 1.20 bits per heavy atom. The summed E-state index contributed by atoms with van der Waals surface area (Å²) in [5, 5.41) is 0. The van der Waals surface area contributed by atoms with Crippen molar-refractivity contribution in [1.29, 1.82) is 0 Å². The molecule has 0 radical (unpaired) electrons. The van der Waals surface area contributed by atoms with Gasteiger partial charge in [0.2, 0.25) is 5.91 Å². The maximum absolute atomic E-state index is 12.7. The quantitative estimate of drug-likeness (QED) is 0.540. The molecule has 2 aromatic rings. The molecule has 2 bridgehead atoms. The second-order valence-corrected chi connectivity index (χ2v) is 7.88. The van der Waals surface area contributed by atoms with Gasteiger partial charge in [-0.2, -0.15) is 0 Å². The zero-order valence-electron chi connectivity index (χ0n) is 17.1. The molecule has 30 heavy (non-hydrogen) atoms. The smallest absolute Gasteiger partial charge is 0.306 e. The number of furan rings is 1. The Balaban J connectivity index is 1.36. The van der Waals surface area contributed by atoms with Gasteiger partial charge in [0, 0.05) is 49.8 Å². The molecule has 1 amide bonds. The van der Waals surface area contributed by atoms with Gasteiger partial charge in [-0.3, -0.25) is 14.4 Å². The molecule has 2 aromatic heterocycles. The normalized spacial score (nSPS) is 20.2. The first-order valence-electron chi connectivity index (χ1n) is 10.4. The van der Waals surface area contributed by atoms with E-state index in [1.165, 1.54) is 6.08 Å². The number of hydrogen-bond acceptors (Lipinski definition) is 5. The molecule has 2 aliphatic heterocycles. The molecule has 4 rings (SSSR count). The molecule has 4 heterocycles. The van der Waals surface area contributed by atoms with Gasteiger partial charge < -0.3 is 18.6 Å². The number of rotatable bonds is 6. The second kappa shape index (κ2) is 8.73. The van der Waals surface area contributed by atoms with Crippen molar-refractivity contribution >= 4 is 18.0 Å². The Hall–Kier alpha value is -3.09. The number of carbonyl (C=O) groups is 2. The van der Waals surface area contributed by atoms with Gasteiger partial charge in [-0.25, -0.2) is 0 Å². The topological polar surface area (TPSA) is 81.8 Å². The monoisotopic (exact) mass is 410 g/mol. The number of ether oxygens (including phenoxy) is 1. The Labute approximate surface area is 174 Å². The first kappa shape index (κ1) is 20.2. The van der Waals surface area contributed by atoms with Gasteiger partial charge in [-0.05, 0) is 43.5 Å². The maximum Gasteiger partial charge on any atom is 0.306 e. The van der Waals surface area contributed by atoms with Crippen LogP contribution >= 0.6 is 0 Å².